The lowest BCUT2D eigenvalue weighted by molar-refractivity contribution is -0.140. The molecule has 0 unspecified atom stereocenters. The molecule has 132 valence electrons. The van der Waals surface area contributed by atoms with Crippen LogP contribution in [0.1, 0.15) is 12.0 Å². The zero-order valence-electron chi connectivity index (χ0n) is 13.1. The molecule has 0 bridgehead atoms. The van der Waals surface area contributed by atoms with Gasteiger partial charge in [0.15, 0.2) is 0 Å². The summed E-state index contributed by atoms with van der Waals surface area (Å²) >= 11 is 0. The standard InChI is InChI=1S/C17H16O7S/c1-12(10-16(18)19)17(20)24-15(11-13(2)25(21,22)23)9-8-14-6-4-3-5-7-14/h3-9,11H,1-2,10H2,(H,18,19)(H,21,22,23). The van der Waals surface area contributed by atoms with Crippen molar-refractivity contribution in [3.63, 3.8) is 0 Å². The van der Waals surface area contributed by atoms with Gasteiger partial charge in [-0.25, -0.2) is 4.79 Å². The molecule has 0 atom stereocenters. The van der Waals surface area contributed by atoms with Gasteiger partial charge in [-0.3, -0.25) is 9.35 Å². The molecular weight excluding hydrogens is 348 g/mol. The summed E-state index contributed by atoms with van der Waals surface area (Å²) in [6.07, 6.45) is 3.00. The Kier molecular flexibility index (Phi) is 7.04. The Morgan fingerprint density at radius 1 is 1.16 bits per heavy atom. The van der Waals surface area contributed by atoms with Gasteiger partial charge >= 0.3 is 11.9 Å². The number of allylic oxidation sites excluding steroid dienone is 2. The van der Waals surface area contributed by atoms with Crippen molar-refractivity contribution in [2.45, 2.75) is 6.42 Å². The SMILES string of the molecule is C=C(CC(=O)O)C(=O)OC(C=Cc1ccccc1)=CC(=C)S(=O)(=O)O. The summed E-state index contributed by atoms with van der Waals surface area (Å²) in [4.78, 5) is 21.7. The first-order chi connectivity index (χ1) is 11.6. The monoisotopic (exact) mass is 364 g/mol. The molecule has 0 amide bonds. The molecule has 0 saturated heterocycles. The van der Waals surface area contributed by atoms with Crippen LogP contribution in [0.5, 0.6) is 0 Å². The number of aliphatic carboxylic acids is 1. The normalized spacial score (nSPS) is 12.0. The Bertz CT molecular complexity index is 846. The third kappa shape index (κ3) is 7.42. The maximum Gasteiger partial charge on any atom is 0.339 e. The molecule has 0 spiro atoms. The van der Waals surface area contributed by atoms with Gasteiger partial charge in [0.1, 0.15) is 5.76 Å². The van der Waals surface area contributed by atoms with Gasteiger partial charge in [-0.05, 0) is 11.6 Å². The molecular formula is C17H16O7S. The van der Waals surface area contributed by atoms with Gasteiger partial charge in [0.05, 0.1) is 11.3 Å². The topological polar surface area (TPSA) is 118 Å². The summed E-state index contributed by atoms with van der Waals surface area (Å²) in [6.45, 7) is 6.46. The van der Waals surface area contributed by atoms with Crippen LogP contribution in [0.15, 0.2) is 71.9 Å². The molecule has 2 N–H and O–H groups in total. The maximum absolute atomic E-state index is 11.8. The van der Waals surface area contributed by atoms with Crippen molar-refractivity contribution in [2.75, 3.05) is 0 Å². The molecule has 25 heavy (non-hydrogen) atoms. The molecule has 8 heteroatoms. The van der Waals surface area contributed by atoms with Gasteiger partial charge in [0.25, 0.3) is 10.1 Å². The van der Waals surface area contributed by atoms with E-state index in [1.165, 1.54) is 12.2 Å². The maximum atomic E-state index is 11.8. The summed E-state index contributed by atoms with van der Waals surface area (Å²) in [5, 5.41) is 8.65. The van der Waals surface area contributed by atoms with Crippen molar-refractivity contribution in [1.82, 2.24) is 0 Å². The number of hydrogen-bond donors (Lipinski definition) is 2. The zero-order chi connectivity index (χ0) is 19.0. The number of rotatable bonds is 8. The van der Waals surface area contributed by atoms with Crippen LogP contribution in [0.3, 0.4) is 0 Å². The first-order valence-corrected chi connectivity index (χ1v) is 8.26. The van der Waals surface area contributed by atoms with Crippen molar-refractivity contribution in [3.8, 4) is 0 Å². The van der Waals surface area contributed by atoms with E-state index in [1.54, 1.807) is 30.3 Å². The summed E-state index contributed by atoms with van der Waals surface area (Å²) in [5.74, 6) is -2.58. The van der Waals surface area contributed by atoms with Crippen molar-refractivity contribution < 1.29 is 32.4 Å². The zero-order valence-corrected chi connectivity index (χ0v) is 13.9. The second-order valence-corrected chi connectivity index (χ2v) is 6.27. The summed E-state index contributed by atoms with van der Waals surface area (Å²) in [7, 11) is -4.57. The minimum absolute atomic E-state index is 0.261. The van der Waals surface area contributed by atoms with Crippen LogP contribution in [0, 0.1) is 0 Å². The largest absolute Gasteiger partial charge is 0.481 e. The fourth-order valence-corrected chi connectivity index (χ4v) is 1.79. The molecule has 0 saturated carbocycles. The lowest BCUT2D eigenvalue weighted by Crippen LogP contribution is -2.10. The first kappa shape index (κ1) is 20.1. The fraction of sp³-hybridized carbons (Fsp3) is 0.0588. The Morgan fingerprint density at radius 2 is 1.76 bits per heavy atom. The molecule has 0 aromatic heterocycles. The van der Waals surface area contributed by atoms with Gasteiger partial charge in [-0.1, -0.05) is 49.6 Å². The molecule has 0 aliphatic rings. The van der Waals surface area contributed by atoms with Crippen molar-refractivity contribution in [2.24, 2.45) is 0 Å². The van der Waals surface area contributed by atoms with E-state index in [0.29, 0.717) is 0 Å². The predicted molar refractivity (Wildman–Crippen MR) is 91.7 cm³/mol. The van der Waals surface area contributed by atoms with E-state index < -0.39 is 33.4 Å². The Hall–Kier alpha value is -2.97. The highest BCUT2D eigenvalue weighted by atomic mass is 32.2. The number of benzene rings is 1. The number of carboxylic acids is 1. The average molecular weight is 364 g/mol. The third-order valence-electron chi connectivity index (χ3n) is 2.74. The Balaban J connectivity index is 3.07. The highest BCUT2D eigenvalue weighted by Crippen LogP contribution is 2.14. The van der Waals surface area contributed by atoms with Gasteiger partial charge < -0.3 is 9.84 Å². The summed E-state index contributed by atoms with van der Waals surface area (Å²) in [5.41, 5.74) is 0.398. The molecule has 1 aromatic rings. The number of carbonyl (C=O) groups is 2. The lowest BCUT2D eigenvalue weighted by atomic mass is 10.2. The van der Waals surface area contributed by atoms with Gasteiger partial charge in [-0.2, -0.15) is 8.42 Å². The molecule has 1 aromatic carbocycles. The average Bonchev–Trinajstić information content (AvgIpc) is 2.51. The Labute approximate surface area is 145 Å². The van der Waals surface area contributed by atoms with E-state index in [1.807, 2.05) is 0 Å². The minimum atomic E-state index is -4.57. The van der Waals surface area contributed by atoms with Crippen LogP contribution in [-0.2, 0) is 24.4 Å². The van der Waals surface area contributed by atoms with Crippen molar-refractivity contribution in [3.05, 3.63) is 77.4 Å². The van der Waals surface area contributed by atoms with E-state index in [9.17, 15) is 18.0 Å². The molecule has 0 fully saturated rings. The van der Waals surface area contributed by atoms with Gasteiger partial charge in [0.2, 0.25) is 0 Å². The molecule has 0 heterocycles. The highest BCUT2D eigenvalue weighted by Gasteiger charge is 2.15. The van der Waals surface area contributed by atoms with E-state index >= 15 is 0 Å². The van der Waals surface area contributed by atoms with Crippen LogP contribution in [0.4, 0.5) is 0 Å². The predicted octanol–water partition coefficient (Wildman–Crippen LogP) is 2.56. The van der Waals surface area contributed by atoms with E-state index in [4.69, 9.17) is 14.4 Å². The van der Waals surface area contributed by atoms with Crippen molar-refractivity contribution in [1.29, 1.82) is 0 Å². The molecule has 0 aliphatic heterocycles. The molecule has 7 nitrogen and oxygen atoms in total. The smallest absolute Gasteiger partial charge is 0.339 e. The molecule has 0 aliphatic carbocycles. The fourth-order valence-electron chi connectivity index (χ4n) is 1.52. The van der Waals surface area contributed by atoms with Crippen LogP contribution in [0.2, 0.25) is 0 Å². The number of ether oxygens (including phenoxy) is 1. The first-order valence-electron chi connectivity index (χ1n) is 6.82. The van der Waals surface area contributed by atoms with Crippen LogP contribution < -0.4 is 0 Å². The van der Waals surface area contributed by atoms with E-state index in [2.05, 4.69) is 13.2 Å². The van der Waals surface area contributed by atoms with E-state index in [0.717, 1.165) is 11.6 Å². The van der Waals surface area contributed by atoms with Crippen LogP contribution in [0.25, 0.3) is 6.08 Å². The summed E-state index contributed by atoms with van der Waals surface area (Å²) in [6, 6.07) is 8.82. The van der Waals surface area contributed by atoms with Crippen LogP contribution in [-0.4, -0.2) is 30.0 Å². The van der Waals surface area contributed by atoms with Gasteiger partial charge in [-0.15, -0.1) is 0 Å². The van der Waals surface area contributed by atoms with Crippen LogP contribution >= 0.6 is 0 Å². The third-order valence-corrected chi connectivity index (χ3v) is 3.52. The number of hydrogen-bond acceptors (Lipinski definition) is 5. The molecule has 0 radical (unpaired) electrons. The second kappa shape index (κ2) is 8.76. The highest BCUT2D eigenvalue weighted by molar-refractivity contribution is 7.90. The number of esters is 1. The van der Waals surface area contributed by atoms with Gasteiger partial charge in [0, 0.05) is 11.6 Å². The lowest BCUT2D eigenvalue weighted by Gasteiger charge is -2.07. The summed E-state index contributed by atoms with van der Waals surface area (Å²) < 4.78 is 36.0. The second-order valence-electron chi connectivity index (χ2n) is 4.80. The minimum Gasteiger partial charge on any atom is -0.481 e. The number of carbonyl (C=O) groups excluding carboxylic acids is 1. The van der Waals surface area contributed by atoms with E-state index in [-0.39, 0.29) is 11.3 Å². The molecule has 1 rings (SSSR count). The Morgan fingerprint density at radius 3 is 2.28 bits per heavy atom. The van der Waals surface area contributed by atoms with Crippen molar-refractivity contribution >= 4 is 28.1 Å². The quantitative estimate of drug-likeness (QED) is 0.239. The number of carboxylic acid groups (broad SMARTS) is 1.